The zero-order valence-electron chi connectivity index (χ0n) is 24.2. The van der Waals surface area contributed by atoms with E-state index in [1.54, 1.807) is 30.3 Å². The summed E-state index contributed by atoms with van der Waals surface area (Å²) in [7, 11) is 1.45. The molecule has 4 amide bonds. The van der Waals surface area contributed by atoms with Crippen LogP contribution in [0.5, 0.6) is 0 Å². The van der Waals surface area contributed by atoms with Gasteiger partial charge < -0.3 is 15.3 Å². The van der Waals surface area contributed by atoms with Crippen LogP contribution in [0.4, 0.5) is 0 Å². The molecule has 1 fully saturated rings. The third kappa shape index (κ3) is 7.01. The van der Waals surface area contributed by atoms with Crippen molar-refractivity contribution < 1.29 is 29.1 Å². The van der Waals surface area contributed by atoms with Crippen LogP contribution in [-0.2, 0) is 22.6 Å². The van der Waals surface area contributed by atoms with Crippen LogP contribution in [0.3, 0.4) is 0 Å². The molecule has 0 spiro atoms. The second kappa shape index (κ2) is 12.2. The number of rotatable bonds is 9. The summed E-state index contributed by atoms with van der Waals surface area (Å²) in [5.41, 5.74) is 2.89. The molecule has 1 heterocycles. The quantitative estimate of drug-likeness (QED) is 0.440. The Morgan fingerprint density at radius 1 is 0.927 bits per heavy atom. The summed E-state index contributed by atoms with van der Waals surface area (Å²) < 4.78 is 0. The van der Waals surface area contributed by atoms with Crippen molar-refractivity contribution in [3.63, 3.8) is 0 Å². The minimum absolute atomic E-state index is 0.0498. The van der Waals surface area contributed by atoms with E-state index >= 15 is 0 Å². The predicted octanol–water partition coefficient (Wildman–Crippen LogP) is 4.29. The van der Waals surface area contributed by atoms with Gasteiger partial charge in [0.25, 0.3) is 17.7 Å². The summed E-state index contributed by atoms with van der Waals surface area (Å²) in [6, 6.07) is 12.1. The number of hydrogen-bond acceptors (Lipinski definition) is 5. The molecule has 0 bridgehead atoms. The van der Waals surface area contributed by atoms with Gasteiger partial charge in [0.2, 0.25) is 5.91 Å². The van der Waals surface area contributed by atoms with Crippen molar-refractivity contribution in [1.82, 2.24) is 15.1 Å². The molecule has 218 valence electrons. The lowest BCUT2D eigenvalue weighted by atomic mass is 9.71. The first-order chi connectivity index (χ1) is 19.3. The molecule has 1 aliphatic heterocycles. The van der Waals surface area contributed by atoms with Crippen LogP contribution in [0.2, 0.25) is 0 Å². The lowest BCUT2D eigenvalue weighted by Crippen LogP contribution is -2.43. The van der Waals surface area contributed by atoms with Crippen LogP contribution in [0, 0.1) is 11.3 Å². The van der Waals surface area contributed by atoms with E-state index in [-0.39, 0.29) is 54.5 Å². The largest absolute Gasteiger partial charge is 0.481 e. The van der Waals surface area contributed by atoms with Crippen LogP contribution in [0.15, 0.2) is 42.5 Å². The van der Waals surface area contributed by atoms with Gasteiger partial charge in [-0.3, -0.25) is 28.9 Å². The van der Waals surface area contributed by atoms with E-state index in [1.165, 1.54) is 7.05 Å². The van der Waals surface area contributed by atoms with Gasteiger partial charge in [0, 0.05) is 31.7 Å². The standard InChI is InChI=1S/C32H39N3O6/c1-32(2,3)23-10-12-24(13-11-23)35(19-20-5-8-22(9-6-20)29(39)33-16-15-28(37)38)27(36)18-21-7-14-25-26(17-21)31(41)34(4)30(25)40/h5-9,14,17,23-24H,10-13,15-16,18-19H2,1-4H3,(H,33,39)(H,37,38). The number of aliphatic carboxylic acids is 1. The first kappa shape index (κ1) is 30.0. The third-order valence-corrected chi connectivity index (χ3v) is 8.39. The van der Waals surface area contributed by atoms with E-state index in [0.717, 1.165) is 36.1 Å². The number of nitrogens with zero attached hydrogens (tertiary/aromatic N) is 2. The van der Waals surface area contributed by atoms with Crippen LogP contribution < -0.4 is 5.32 Å². The molecule has 0 atom stereocenters. The molecular weight excluding hydrogens is 522 g/mol. The minimum atomic E-state index is -0.978. The molecule has 0 radical (unpaired) electrons. The summed E-state index contributed by atoms with van der Waals surface area (Å²) in [4.78, 5) is 64.7. The summed E-state index contributed by atoms with van der Waals surface area (Å²) >= 11 is 0. The highest BCUT2D eigenvalue weighted by atomic mass is 16.4. The van der Waals surface area contributed by atoms with Gasteiger partial charge in [-0.05, 0) is 72.4 Å². The van der Waals surface area contributed by atoms with Crippen molar-refractivity contribution in [2.24, 2.45) is 11.3 Å². The second-order valence-electron chi connectivity index (χ2n) is 12.2. The molecule has 2 aromatic rings. The normalized spacial score (nSPS) is 18.7. The van der Waals surface area contributed by atoms with Crippen molar-refractivity contribution in [2.45, 2.75) is 71.9 Å². The summed E-state index contributed by atoms with van der Waals surface area (Å²) in [5.74, 6) is -1.48. The molecule has 0 unspecified atom stereocenters. The monoisotopic (exact) mass is 561 g/mol. The average Bonchev–Trinajstić information content (AvgIpc) is 3.14. The van der Waals surface area contributed by atoms with E-state index in [2.05, 4.69) is 26.1 Å². The number of benzene rings is 2. The van der Waals surface area contributed by atoms with E-state index in [0.29, 0.717) is 34.7 Å². The molecule has 2 aromatic carbocycles. The van der Waals surface area contributed by atoms with Gasteiger partial charge in [0.1, 0.15) is 0 Å². The van der Waals surface area contributed by atoms with Crippen molar-refractivity contribution in [3.8, 4) is 0 Å². The van der Waals surface area contributed by atoms with Gasteiger partial charge in [-0.2, -0.15) is 0 Å². The third-order valence-electron chi connectivity index (χ3n) is 8.39. The van der Waals surface area contributed by atoms with Gasteiger partial charge in [0.05, 0.1) is 24.0 Å². The van der Waals surface area contributed by atoms with E-state index < -0.39 is 5.97 Å². The Hall–Kier alpha value is -4.01. The molecular formula is C32H39N3O6. The van der Waals surface area contributed by atoms with Gasteiger partial charge in [-0.15, -0.1) is 0 Å². The van der Waals surface area contributed by atoms with Crippen molar-refractivity contribution in [1.29, 1.82) is 0 Å². The number of fused-ring (bicyclic) bond motifs is 1. The Morgan fingerprint density at radius 3 is 2.15 bits per heavy atom. The fraction of sp³-hybridized carbons (Fsp3) is 0.469. The summed E-state index contributed by atoms with van der Waals surface area (Å²) in [6.07, 6.45) is 3.84. The molecule has 9 heteroatoms. The molecule has 0 saturated heterocycles. The maximum absolute atomic E-state index is 13.8. The fourth-order valence-electron chi connectivity index (χ4n) is 5.81. The average molecular weight is 562 g/mol. The lowest BCUT2D eigenvalue weighted by molar-refractivity contribution is -0.137. The molecule has 9 nitrogen and oxygen atoms in total. The van der Waals surface area contributed by atoms with E-state index in [1.807, 2.05) is 17.0 Å². The predicted molar refractivity (Wildman–Crippen MR) is 153 cm³/mol. The number of carboxylic acid groups (broad SMARTS) is 1. The fourth-order valence-corrected chi connectivity index (χ4v) is 5.81. The van der Waals surface area contributed by atoms with Gasteiger partial charge in [0.15, 0.2) is 0 Å². The number of imide groups is 1. The maximum atomic E-state index is 13.8. The Labute approximate surface area is 240 Å². The van der Waals surface area contributed by atoms with Gasteiger partial charge in [-0.1, -0.05) is 39.0 Å². The first-order valence-electron chi connectivity index (χ1n) is 14.2. The zero-order valence-corrected chi connectivity index (χ0v) is 24.2. The number of carbonyl (C=O) groups excluding carboxylic acids is 4. The number of carbonyl (C=O) groups is 5. The van der Waals surface area contributed by atoms with Crippen LogP contribution >= 0.6 is 0 Å². The molecule has 41 heavy (non-hydrogen) atoms. The van der Waals surface area contributed by atoms with Crippen LogP contribution in [0.25, 0.3) is 0 Å². The number of carboxylic acids is 1. The lowest BCUT2D eigenvalue weighted by Gasteiger charge is -2.41. The van der Waals surface area contributed by atoms with E-state index in [9.17, 15) is 24.0 Å². The molecule has 1 saturated carbocycles. The minimum Gasteiger partial charge on any atom is -0.481 e. The number of amides is 4. The Bertz CT molecular complexity index is 1340. The number of nitrogens with one attached hydrogen (secondary N) is 1. The summed E-state index contributed by atoms with van der Waals surface area (Å²) in [5, 5.41) is 11.4. The topological polar surface area (TPSA) is 124 Å². The van der Waals surface area contributed by atoms with Crippen LogP contribution in [-0.4, -0.2) is 64.1 Å². The Morgan fingerprint density at radius 2 is 1.54 bits per heavy atom. The van der Waals surface area contributed by atoms with Crippen molar-refractivity contribution >= 4 is 29.6 Å². The highest BCUT2D eigenvalue weighted by Gasteiger charge is 2.35. The molecule has 1 aliphatic carbocycles. The molecule has 4 rings (SSSR count). The molecule has 2 aliphatic rings. The highest BCUT2D eigenvalue weighted by Crippen LogP contribution is 2.39. The van der Waals surface area contributed by atoms with E-state index in [4.69, 9.17) is 5.11 Å². The van der Waals surface area contributed by atoms with Crippen molar-refractivity contribution in [3.05, 3.63) is 70.3 Å². The smallest absolute Gasteiger partial charge is 0.305 e. The van der Waals surface area contributed by atoms with Crippen molar-refractivity contribution in [2.75, 3.05) is 13.6 Å². The second-order valence-corrected chi connectivity index (χ2v) is 12.2. The Kier molecular flexibility index (Phi) is 8.95. The molecule has 2 N–H and O–H groups in total. The SMILES string of the molecule is CN1C(=O)c2ccc(CC(=O)N(Cc3ccc(C(=O)NCCC(=O)O)cc3)C3CCC(C(C)(C)C)CC3)cc2C1=O. The highest BCUT2D eigenvalue weighted by molar-refractivity contribution is 6.21. The van der Waals surface area contributed by atoms with Crippen LogP contribution in [0.1, 0.15) is 95.1 Å². The first-order valence-corrected chi connectivity index (χ1v) is 14.2. The maximum Gasteiger partial charge on any atom is 0.305 e. The molecule has 0 aromatic heterocycles. The Balaban J connectivity index is 1.50. The van der Waals surface area contributed by atoms with Gasteiger partial charge >= 0.3 is 5.97 Å². The van der Waals surface area contributed by atoms with Gasteiger partial charge in [-0.25, -0.2) is 0 Å². The number of hydrogen-bond donors (Lipinski definition) is 2. The summed E-state index contributed by atoms with van der Waals surface area (Å²) in [6.45, 7) is 7.22. The zero-order chi connectivity index (χ0) is 29.9.